The molecular formula is C18H13NO. The van der Waals surface area contributed by atoms with Crippen molar-refractivity contribution in [1.82, 2.24) is 0 Å². The van der Waals surface area contributed by atoms with E-state index in [1.165, 1.54) is 0 Å². The standard InChI is InChI=1S/C18H13NO/c19-16-7-3-1-5-13(16)12-9-10-15-14-6-2-4-8-17(14)20-18(15)11-12/h1-11H,19H2. The molecule has 0 bridgehead atoms. The molecule has 4 aromatic rings. The van der Waals surface area contributed by atoms with Crippen LogP contribution < -0.4 is 5.73 Å². The predicted octanol–water partition coefficient (Wildman–Crippen LogP) is 4.84. The van der Waals surface area contributed by atoms with Crippen LogP contribution in [0.1, 0.15) is 0 Å². The second-order valence-corrected chi connectivity index (χ2v) is 4.90. The molecule has 20 heavy (non-hydrogen) atoms. The topological polar surface area (TPSA) is 39.2 Å². The van der Waals surface area contributed by atoms with Crippen molar-refractivity contribution in [3.63, 3.8) is 0 Å². The first-order chi connectivity index (χ1) is 9.83. The minimum Gasteiger partial charge on any atom is -0.456 e. The second kappa shape index (κ2) is 4.14. The average Bonchev–Trinajstić information content (AvgIpc) is 2.85. The molecule has 1 heterocycles. The summed E-state index contributed by atoms with van der Waals surface area (Å²) in [4.78, 5) is 0. The molecule has 96 valence electrons. The summed E-state index contributed by atoms with van der Waals surface area (Å²) in [6.07, 6.45) is 0. The minimum absolute atomic E-state index is 0.781. The number of nitrogens with two attached hydrogens (primary N) is 1. The van der Waals surface area contributed by atoms with E-state index in [1.54, 1.807) is 0 Å². The van der Waals surface area contributed by atoms with E-state index >= 15 is 0 Å². The molecule has 0 saturated carbocycles. The molecule has 0 unspecified atom stereocenters. The van der Waals surface area contributed by atoms with Crippen molar-refractivity contribution in [3.05, 3.63) is 66.7 Å². The van der Waals surface area contributed by atoms with E-state index < -0.39 is 0 Å². The lowest BCUT2D eigenvalue weighted by atomic mass is 10.0. The summed E-state index contributed by atoms with van der Waals surface area (Å²) in [5.74, 6) is 0. The third kappa shape index (κ3) is 1.58. The van der Waals surface area contributed by atoms with Crippen molar-refractivity contribution < 1.29 is 4.42 Å². The molecule has 4 rings (SSSR count). The lowest BCUT2D eigenvalue weighted by Gasteiger charge is -2.05. The summed E-state index contributed by atoms with van der Waals surface area (Å²) in [6, 6.07) is 22.2. The van der Waals surface area contributed by atoms with Crippen molar-refractivity contribution in [2.75, 3.05) is 5.73 Å². The first kappa shape index (κ1) is 11.1. The van der Waals surface area contributed by atoms with E-state index in [0.717, 1.165) is 38.8 Å². The summed E-state index contributed by atoms with van der Waals surface area (Å²) in [5, 5.41) is 2.29. The van der Waals surface area contributed by atoms with Crippen molar-refractivity contribution in [1.29, 1.82) is 0 Å². The molecule has 2 N–H and O–H groups in total. The molecule has 0 aliphatic rings. The van der Waals surface area contributed by atoms with Crippen LogP contribution in [0.3, 0.4) is 0 Å². The number of nitrogen functional groups attached to an aromatic ring is 1. The molecule has 1 aromatic heterocycles. The van der Waals surface area contributed by atoms with Crippen molar-refractivity contribution in [2.45, 2.75) is 0 Å². The summed E-state index contributed by atoms with van der Waals surface area (Å²) in [6.45, 7) is 0. The van der Waals surface area contributed by atoms with Gasteiger partial charge < -0.3 is 10.2 Å². The highest BCUT2D eigenvalue weighted by Gasteiger charge is 2.08. The van der Waals surface area contributed by atoms with E-state index in [9.17, 15) is 0 Å². The zero-order valence-corrected chi connectivity index (χ0v) is 10.8. The monoisotopic (exact) mass is 259 g/mol. The lowest BCUT2D eigenvalue weighted by Crippen LogP contribution is -1.88. The summed E-state index contributed by atoms with van der Waals surface area (Å²) < 4.78 is 5.91. The quantitative estimate of drug-likeness (QED) is 0.497. The number of hydrogen-bond acceptors (Lipinski definition) is 2. The smallest absolute Gasteiger partial charge is 0.136 e. The van der Waals surface area contributed by atoms with Gasteiger partial charge in [-0.3, -0.25) is 0 Å². The molecule has 0 saturated heterocycles. The van der Waals surface area contributed by atoms with Gasteiger partial charge in [0.1, 0.15) is 11.2 Å². The Bertz CT molecular complexity index is 921. The van der Waals surface area contributed by atoms with E-state index in [2.05, 4.69) is 24.3 Å². The SMILES string of the molecule is Nc1ccccc1-c1ccc2c(c1)oc1ccccc12. The van der Waals surface area contributed by atoms with Gasteiger partial charge in [-0.1, -0.05) is 42.5 Å². The first-order valence-corrected chi connectivity index (χ1v) is 6.59. The Hall–Kier alpha value is -2.74. The molecule has 0 aliphatic heterocycles. The first-order valence-electron chi connectivity index (χ1n) is 6.59. The number of rotatable bonds is 1. The van der Waals surface area contributed by atoms with Crippen LogP contribution in [0.2, 0.25) is 0 Å². The number of benzene rings is 3. The van der Waals surface area contributed by atoms with Gasteiger partial charge in [-0.2, -0.15) is 0 Å². The van der Waals surface area contributed by atoms with Crippen LogP contribution in [0.25, 0.3) is 33.1 Å². The molecule has 3 aromatic carbocycles. The Morgan fingerprint density at radius 1 is 0.700 bits per heavy atom. The highest BCUT2D eigenvalue weighted by molar-refractivity contribution is 6.06. The van der Waals surface area contributed by atoms with Crippen LogP contribution in [-0.4, -0.2) is 0 Å². The van der Waals surface area contributed by atoms with Gasteiger partial charge in [0.15, 0.2) is 0 Å². The van der Waals surface area contributed by atoms with Crippen LogP contribution in [0.15, 0.2) is 71.1 Å². The van der Waals surface area contributed by atoms with Gasteiger partial charge in [-0.05, 0) is 29.8 Å². The Morgan fingerprint density at radius 3 is 2.35 bits per heavy atom. The zero-order chi connectivity index (χ0) is 13.5. The molecule has 0 atom stereocenters. The number of anilines is 1. The minimum atomic E-state index is 0.781. The normalized spacial score (nSPS) is 11.2. The number of para-hydroxylation sites is 2. The van der Waals surface area contributed by atoms with Crippen LogP contribution in [0.4, 0.5) is 5.69 Å². The summed E-state index contributed by atoms with van der Waals surface area (Å²) in [5.41, 5.74) is 10.7. The van der Waals surface area contributed by atoms with E-state index in [-0.39, 0.29) is 0 Å². The number of hydrogen-bond donors (Lipinski definition) is 1. The van der Waals surface area contributed by atoms with Crippen molar-refractivity contribution >= 4 is 27.6 Å². The maximum atomic E-state index is 6.04. The van der Waals surface area contributed by atoms with E-state index in [1.807, 2.05) is 42.5 Å². The molecule has 2 heteroatoms. The van der Waals surface area contributed by atoms with Gasteiger partial charge in [-0.15, -0.1) is 0 Å². The molecule has 2 nitrogen and oxygen atoms in total. The van der Waals surface area contributed by atoms with Gasteiger partial charge in [0.2, 0.25) is 0 Å². The fraction of sp³-hybridized carbons (Fsp3) is 0. The van der Waals surface area contributed by atoms with Crippen LogP contribution in [-0.2, 0) is 0 Å². The van der Waals surface area contributed by atoms with Gasteiger partial charge in [0.05, 0.1) is 0 Å². The fourth-order valence-electron chi connectivity index (χ4n) is 2.65. The van der Waals surface area contributed by atoms with Gasteiger partial charge in [0.25, 0.3) is 0 Å². The Balaban J connectivity index is 2.00. The predicted molar refractivity (Wildman–Crippen MR) is 83.6 cm³/mol. The van der Waals surface area contributed by atoms with Gasteiger partial charge in [-0.25, -0.2) is 0 Å². The van der Waals surface area contributed by atoms with Crippen LogP contribution in [0, 0.1) is 0 Å². The van der Waals surface area contributed by atoms with Gasteiger partial charge in [0, 0.05) is 22.0 Å². The lowest BCUT2D eigenvalue weighted by molar-refractivity contribution is 0.669. The van der Waals surface area contributed by atoms with E-state index in [0.29, 0.717) is 0 Å². The molecular weight excluding hydrogens is 246 g/mol. The fourth-order valence-corrected chi connectivity index (χ4v) is 2.65. The molecule has 0 spiro atoms. The molecule has 0 aliphatic carbocycles. The molecule has 0 fully saturated rings. The second-order valence-electron chi connectivity index (χ2n) is 4.90. The molecule has 0 amide bonds. The summed E-state index contributed by atoms with van der Waals surface area (Å²) in [7, 11) is 0. The highest BCUT2D eigenvalue weighted by atomic mass is 16.3. The maximum absolute atomic E-state index is 6.04. The van der Waals surface area contributed by atoms with Crippen molar-refractivity contribution in [2.24, 2.45) is 0 Å². The van der Waals surface area contributed by atoms with Crippen LogP contribution in [0.5, 0.6) is 0 Å². The van der Waals surface area contributed by atoms with Crippen molar-refractivity contribution in [3.8, 4) is 11.1 Å². The molecule has 0 radical (unpaired) electrons. The maximum Gasteiger partial charge on any atom is 0.136 e. The third-order valence-electron chi connectivity index (χ3n) is 3.65. The Morgan fingerprint density at radius 2 is 1.45 bits per heavy atom. The number of fused-ring (bicyclic) bond motifs is 3. The Labute approximate surface area is 116 Å². The van der Waals surface area contributed by atoms with Crippen LogP contribution >= 0.6 is 0 Å². The van der Waals surface area contributed by atoms with Gasteiger partial charge >= 0.3 is 0 Å². The zero-order valence-electron chi connectivity index (χ0n) is 10.8. The average molecular weight is 259 g/mol. The number of furan rings is 1. The summed E-state index contributed by atoms with van der Waals surface area (Å²) >= 11 is 0. The van der Waals surface area contributed by atoms with E-state index in [4.69, 9.17) is 10.2 Å². The Kier molecular flexibility index (Phi) is 2.30. The third-order valence-corrected chi connectivity index (χ3v) is 3.65. The largest absolute Gasteiger partial charge is 0.456 e. The highest BCUT2D eigenvalue weighted by Crippen LogP contribution is 2.33.